The van der Waals surface area contributed by atoms with Crippen molar-refractivity contribution in [2.45, 2.75) is 15.8 Å². The number of rotatable bonds is 13. The molecular formula is C36H33ClN8O4S3. The molecule has 16 heteroatoms. The summed E-state index contributed by atoms with van der Waals surface area (Å²) in [4.78, 5) is 28.6. The maximum Gasteiger partial charge on any atom is 0.293 e. The number of piperazine rings is 1. The number of anilines is 3. The zero-order valence-corrected chi connectivity index (χ0v) is 30.9. The molecule has 2 aromatic heterocycles. The van der Waals surface area contributed by atoms with Crippen LogP contribution in [0.25, 0.3) is 22.0 Å². The lowest BCUT2D eigenvalue weighted by Gasteiger charge is -2.36. The fourth-order valence-electron chi connectivity index (χ4n) is 6.07. The van der Waals surface area contributed by atoms with E-state index in [9.17, 15) is 18.5 Å². The minimum atomic E-state index is -4.22. The molecule has 0 aliphatic carbocycles. The molecule has 1 fully saturated rings. The standard InChI is InChI=1S/C36H33ClN8O4S3/c37-27-7-5-25(6-8-27)30-4-2-1-3-26(30)23-43-15-17-44(18-16-43)28-9-11-31-33(21-28)40-24-41-35(31)42-52(48,49)29-10-12-32(34(22-29)45(46)47)38-13-19-50-36-39-14-20-51-36/h1-12,14,20-22,24,38H,13,15-19,23H2,(H,40,41,42). The van der Waals surface area contributed by atoms with Gasteiger partial charge in [-0.25, -0.2) is 23.4 Å². The van der Waals surface area contributed by atoms with E-state index in [1.165, 1.54) is 52.7 Å². The lowest BCUT2D eigenvalue weighted by Crippen LogP contribution is -2.46. The molecule has 0 amide bonds. The van der Waals surface area contributed by atoms with Gasteiger partial charge in [-0.2, -0.15) is 0 Å². The van der Waals surface area contributed by atoms with Crippen LogP contribution in [0.15, 0.2) is 112 Å². The first-order valence-corrected chi connectivity index (χ1v) is 20.1. The highest BCUT2D eigenvalue weighted by molar-refractivity contribution is 8.01. The van der Waals surface area contributed by atoms with E-state index in [1.54, 1.807) is 12.3 Å². The number of nitro groups is 1. The van der Waals surface area contributed by atoms with Gasteiger partial charge in [0, 0.05) is 78.8 Å². The molecule has 3 heterocycles. The average Bonchev–Trinajstić information content (AvgIpc) is 3.68. The second-order valence-corrected chi connectivity index (χ2v) is 16.3. The number of hydrogen-bond donors (Lipinski definition) is 2. The Kier molecular flexibility index (Phi) is 10.8. The van der Waals surface area contributed by atoms with Crippen molar-refractivity contribution < 1.29 is 13.3 Å². The predicted molar refractivity (Wildman–Crippen MR) is 209 cm³/mol. The van der Waals surface area contributed by atoms with Gasteiger partial charge in [-0.3, -0.25) is 19.7 Å². The summed E-state index contributed by atoms with van der Waals surface area (Å²) in [7, 11) is -4.22. The second-order valence-electron chi connectivity index (χ2n) is 12.0. The molecule has 266 valence electrons. The van der Waals surface area contributed by atoms with E-state index in [2.05, 4.69) is 59.1 Å². The highest BCUT2D eigenvalue weighted by Crippen LogP contribution is 2.32. The number of thioether (sulfide) groups is 1. The van der Waals surface area contributed by atoms with E-state index in [4.69, 9.17) is 11.6 Å². The summed E-state index contributed by atoms with van der Waals surface area (Å²) in [5.41, 5.74) is 5.03. The summed E-state index contributed by atoms with van der Waals surface area (Å²) in [6.07, 6.45) is 3.02. The number of nitro benzene ring substituents is 1. The van der Waals surface area contributed by atoms with Gasteiger partial charge in [0.2, 0.25) is 0 Å². The molecule has 0 saturated carbocycles. The Hall–Kier alpha value is -4.80. The summed E-state index contributed by atoms with van der Waals surface area (Å²) < 4.78 is 30.4. The predicted octanol–water partition coefficient (Wildman–Crippen LogP) is 7.64. The van der Waals surface area contributed by atoms with Crippen molar-refractivity contribution in [3.05, 3.63) is 124 Å². The third-order valence-corrected chi connectivity index (χ3v) is 12.2. The van der Waals surface area contributed by atoms with E-state index in [0.717, 1.165) is 54.4 Å². The Labute approximate surface area is 314 Å². The molecular weight excluding hydrogens is 740 g/mol. The van der Waals surface area contributed by atoms with Crippen LogP contribution in [0.2, 0.25) is 5.02 Å². The van der Waals surface area contributed by atoms with Gasteiger partial charge in [0.15, 0.2) is 5.82 Å². The van der Waals surface area contributed by atoms with Crippen LogP contribution < -0.4 is 14.9 Å². The van der Waals surface area contributed by atoms with Crippen LogP contribution in [-0.4, -0.2) is 71.7 Å². The van der Waals surface area contributed by atoms with Crippen LogP contribution in [0, 0.1) is 10.1 Å². The molecule has 0 bridgehead atoms. The van der Waals surface area contributed by atoms with Gasteiger partial charge in [0.25, 0.3) is 15.7 Å². The summed E-state index contributed by atoms with van der Waals surface area (Å²) >= 11 is 9.17. The van der Waals surface area contributed by atoms with E-state index < -0.39 is 14.9 Å². The Bertz CT molecular complexity index is 2300. The molecule has 1 aliphatic rings. The minimum Gasteiger partial charge on any atom is -0.379 e. The SMILES string of the molecule is O=[N+]([O-])c1cc(S(=O)(=O)Nc2ncnc3cc(N4CCN(Cc5ccccc5-c5ccc(Cl)cc5)CC4)ccc23)ccc1NCCSc1nccs1. The maximum absolute atomic E-state index is 13.5. The van der Waals surface area contributed by atoms with Crippen LogP contribution in [0.1, 0.15) is 5.56 Å². The molecule has 1 saturated heterocycles. The van der Waals surface area contributed by atoms with E-state index in [1.807, 2.05) is 41.8 Å². The number of nitrogens with one attached hydrogen (secondary N) is 2. The van der Waals surface area contributed by atoms with Crippen LogP contribution in [0.3, 0.4) is 0 Å². The molecule has 1 aliphatic heterocycles. The van der Waals surface area contributed by atoms with Gasteiger partial charge in [0.05, 0.1) is 15.3 Å². The van der Waals surface area contributed by atoms with Gasteiger partial charge in [-0.1, -0.05) is 59.8 Å². The lowest BCUT2D eigenvalue weighted by atomic mass is 9.99. The first kappa shape index (κ1) is 35.6. The highest BCUT2D eigenvalue weighted by atomic mass is 35.5. The number of halogens is 1. The van der Waals surface area contributed by atoms with Crippen molar-refractivity contribution in [2.24, 2.45) is 0 Å². The molecule has 7 rings (SSSR count). The van der Waals surface area contributed by atoms with Gasteiger partial charge in [-0.05, 0) is 59.2 Å². The molecule has 0 radical (unpaired) electrons. The fourth-order valence-corrected chi connectivity index (χ4v) is 8.81. The molecule has 12 nitrogen and oxygen atoms in total. The quantitative estimate of drug-likeness (QED) is 0.0517. The maximum atomic E-state index is 13.5. The molecule has 0 spiro atoms. The van der Waals surface area contributed by atoms with E-state index in [0.29, 0.717) is 28.2 Å². The van der Waals surface area contributed by atoms with Gasteiger partial charge in [-0.15, -0.1) is 11.3 Å². The lowest BCUT2D eigenvalue weighted by molar-refractivity contribution is -0.384. The zero-order chi connectivity index (χ0) is 36.1. The number of benzene rings is 4. The molecule has 52 heavy (non-hydrogen) atoms. The summed E-state index contributed by atoms with van der Waals surface area (Å²) in [6, 6.07) is 25.8. The Balaban J connectivity index is 1.00. The second kappa shape index (κ2) is 15.8. The first-order chi connectivity index (χ1) is 25.2. The molecule has 0 atom stereocenters. The van der Waals surface area contributed by atoms with E-state index in [-0.39, 0.29) is 22.1 Å². The minimum absolute atomic E-state index is 0.0878. The number of hydrogen-bond acceptors (Lipinski definition) is 12. The number of thiazole rings is 1. The van der Waals surface area contributed by atoms with Crippen molar-refractivity contribution in [2.75, 3.05) is 53.4 Å². The van der Waals surface area contributed by atoms with Crippen molar-refractivity contribution in [1.82, 2.24) is 19.9 Å². The number of nitrogens with zero attached hydrogens (tertiary/aromatic N) is 6. The van der Waals surface area contributed by atoms with Crippen LogP contribution in [0.5, 0.6) is 0 Å². The zero-order valence-electron chi connectivity index (χ0n) is 27.7. The highest BCUT2D eigenvalue weighted by Gasteiger charge is 2.24. The molecule has 0 unspecified atom stereocenters. The Morgan fingerprint density at radius 2 is 1.75 bits per heavy atom. The van der Waals surface area contributed by atoms with Gasteiger partial charge in [0.1, 0.15) is 16.4 Å². The number of sulfonamides is 1. The first-order valence-electron chi connectivity index (χ1n) is 16.4. The van der Waals surface area contributed by atoms with Gasteiger partial charge >= 0.3 is 0 Å². The molecule has 6 aromatic rings. The van der Waals surface area contributed by atoms with Crippen LogP contribution >= 0.6 is 34.7 Å². The third kappa shape index (κ3) is 8.29. The number of fused-ring (bicyclic) bond motifs is 1. The van der Waals surface area contributed by atoms with Gasteiger partial charge < -0.3 is 10.2 Å². The monoisotopic (exact) mass is 772 g/mol. The van der Waals surface area contributed by atoms with E-state index >= 15 is 0 Å². The summed E-state index contributed by atoms with van der Waals surface area (Å²) in [5, 5.41) is 18.0. The summed E-state index contributed by atoms with van der Waals surface area (Å²) in [5.74, 6) is 0.719. The Morgan fingerprint density at radius 1 is 0.942 bits per heavy atom. The third-order valence-electron chi connectivity index (χ3n) is 8.68. The molecule has 4 aromatic carbocycles. The van der Waals surface area contributed by atoms with Crippen molar-refractivity contribution >= 4 is 78.5 Å². The Morgan fingerprint density at radius 3 is 2.52 bits per heavy atom. The largest absolute Gasteiger partial charge is 0.379 e. The van der Waals surface area contributed by atoms with Crippen LogP contribution in [-0.2, 0) is 16.6 Å². The number of aromatic nitrogens is 3. The topological polar surface area (TPSA) is 146 Å². The van der Waals surface area contributed by atoms with Crippen LogP contribution in [0.4, 0.5) is 22.9 Å². The van der Waals surface area contributed by atoms with Crippen molar-refractivity contribution in [3.63, 3.8) is 0 Å². The molecule has 2 N–H and O–H groups in total. The average molecular weight is 773 g/mol. The summed E-state index contributed by atoms with van der Waals surface area (Å²) in [6.45, 7) is 4.62. The fraction of sp³-hybridized carbons (Fsp3) is 0.194. The van der Waals surface area contributed by atoms with Crippen molar-refractivity contribution in [1.29, 1.82) is 0 Å². The van der Waals surface area contributed by atoms with Crippen molar-refractivity contribution in [3.8, 4) is 11.1 Å². The smallest absolute Gasteiger partial charge is 0.293 e. The normalized spacial score (nSPS) is 13.7.